The Balaban J connectivity index is 1.52. The minimum absolute atomic E-state index is 0.252. The number of thiophene rings is 1. The SMILES string of the molecule is COc1cc(/C=C2/SC(=S)N(NC(=O)c3cccs3)C2=O)cc(I)c1OCc1ccccc1Cl. The molecule has 1 aliphatic rings. The number of ether oxygens (including phenoxy) is 2. The smallest absolute Gasteiger partial charge is 0.285 e. The fourth-order valence-electron chi connectivity index (χ4n) is 3.01. The standard InChI is InChI=1S/C23H16ClIN2O4S3/c1-30-17-10-13(9-16(25)20(17)31-12-14-5-2-3-6-15(14)24)11-19-22(29)27(23(32)34-19)26-21(28)18-7-4-8-33-18/h2-11H,12H2,1H3,(H,26,28)/b19-11+. The third-order valence-electron chi connectivity index (χ3n) is 4.63. The van der Waals surface area contributed by atoms with Crippen molar-refractivity contribution >= 4 is 91.7 Å². The lowest BCUT2D eigenvalue weighted by Crippen LogP contribution is -2.44. The Morgan fingerprint density at radius 2 is 2.06 bits per heavy atom. The van der Waals surface area contributed by atoms with Crippen LogP contribution in [-0.4, -0.2) is 28.3 Å². The largest absolute Gasteiger partial charge is 0.493 e. The summed E-state index contributed by atoms with van der Waals surface area (Å²) >= 11 is 16.1. The van der Waals surface area contributed by atoms with Gasteiger partial charge in [0.15, 0.2) is 15.8 Å². The number of rotatable bonds is 7. The highest BCUT2D eigenvalue weighted by molar-refractivity contribution is 14.1. The fraction of sp³-hybridized carbons (Fsp3) is 0.0870. The molecule has 0 saturated carbocycles. The summed E-state index contributed by atoms with van der Waals surface area (Å²) < 4.78 is 12.6. The molecule has 2 amide bonds. The first-order chi connectivity index (χ1) is 16.4. The molecular formula is C23H16ClIN2O4S3. The molecule has 0 bridgehead atoms. The van der Waals surface area contributed by atoms with Crippen LogP contribution in [0.15, 0.2) is 58.8 Å². The Morgan fingerprint density at radius 1 is 1.26 bits per heavy atom. The van der Waals surface area contributed by atoms with E-state index in [9.17, 15) is 9.59 Å². The molecule has 6 nitrogen and oxygen atoms in total. The van der Waals surface area contributed by atoms with Crippen molar-refractivity contribution in [2.24, 2.45) is 0 Å². The van der Waals surface area contributed by atoms with E-state index in [0.29, 0.717) is 26.3 Å². The molecule has 1 saturated heterocycles. The molecule has 0 unspecified atom stereocenters. The quantitative estimate of drug-likeness (QED) is 0.190. The highest BCUT2D eigenvalue weighted by atomic mass is 127. The van der Waals surface area contributed by atoms with Crippen molar-refractivity contribution in [2.75, 3.05) is 7.11 Å². The number of carbonyl (C=O) groups excluding carboxylic acids is 2. The van der Waals surface area contributed by atoms with Crippen molar-refractivity contribution < 1.29 is 19.1 Å². The van der Waals surface area contributed by atoms with E-state index in [0.717, 1.165) is 31.5 Å². The Hall–Kier alpha value is -2.12. The van der Waals surface area contributed by atoms with Gasteiger partial charge in [-0.15, -0.1) is 11.3 Å². The normalized spacial score (nSPS) is 14.6. The van der Waals surface area contributed by atoms with Crippen molar-refractivity contribution in [3.63, 3.8) is 0 Å². The van der Waals surface area contributed by atoms with Gasteiger partial charge in [-0.2, -0.15) is 5.01 Å². The van der Waals surface area contributed by atoms with Crippen LogP contribution in [0.25, 0.3) is 6.08 Å². The molecule has 1 aromatic heterocycles. The number of methoxy groups -OCH3 is 1. The average molecular weight is 643 g/mol. The van der Waals surface area contributed by atoms with E-state index in [1.165, 1.54) is 11.3 Å². The van der Waals surface area contributed by atoms with Gasteiger partial charge in [0.05, 0.1) is 20.5 Å². The van der Waals surface area contributed by atoms with Crippen LogP contribution in [0, 0.1) is 3.57 Å². The molecule has 0 radical (unpaired) electrons. The number of thioether (sulfide) groups is 1. The molecule has 1 N–H and O–H groups in total. The van der Waals surface area contributed by atoms with Gasteiger partial charge in [-0.1, -0.05) is 47.6 Å². The first-order valence-corrected chi connectivity index (χ1v) is 13.3. The molecule has 3 aromatic rings. The molecule has 2 heterocycles. The van der Waals surface area contributed by atoms with Crippen LogP contribution in [0.3, 0.4) is 0 Å². The van der Waals surface area contributed by atoms with Crippen molar-refractivity contribution in [1.29, 1.82) is 0 Å². The van der Waals surface area contributed by atoms with E-state index in [-0.39, 0.29) is 16.8 Å². The van der Waals surface area contributed by atoms with Gasteiger partial charge < -0.3 is 9.47 Å². The molecule has 4 rings (SSSR count). The summed E-state index contributed by atoms with van der Waals surface area (Å²) in [6.45, 7) is 0.286. The number of amides is 2. The van der Waals surface area contributed by atoms with Gasteiger partial charge in [-0.25, -0.2) is 0 Å². The molecule has 1 fully saturated rings. The number of hydrogen-bond acceptors (Lipinski definition) is 7. The number of carbonyl (C=O) groups is 2. The highest BCUT2D eigenvalue weighted by Crippen LogP contribution is 2.37. The van der Waals surface area contributed by atoms with Crippen LogP contribution >= 0.6 is 69.5 Å². The second-order valence-corrected chi connectivity index (χ2v) is 11.0. The van der Waals surface area contributed by atoms with Gasteiger partial charge in [-0.3, -0.25) is 15.0 Å². The summed E-state index contributed by atoms with van der Waals surface area (Å²) in [6.07, 6.45) is 1.71. The van der Waals surface area contributed by atoms with E-state index >= 15 is 0 Å². The van der Waals surface area contributed by atoms with Crippen LogP contribution in [-0.2, 0) is 11.4 Å². The van der Waals surface area contributed by atoms with Gasteiger partial charge in [-0.05, 0) is 76.1 Å². The highest BCUT2D eigenvalue weighted by Gasteiger charge is 2.34. The first kappa shape index (κ1) is 25.0. The number of nitrogens with one attached hydrogen (secondary N) is 1. The zero-order valence-corrected chi connectivity index (χ0v) is 22.9. The average Bonchev–Trinajstić information content (AvgIpc) is 3.44. The monoisotopic (exact) mass is 642 g/mol. The lowest BCUT2D eigenvalue weighted by molar-refractivity contribution is -0.123. The van der Waals surface area contributed by atoms with E-state index in [1.807, 2.05) is 30.3 Å². The van der Waals surface area contributed by atoms with Crippen molar-refractivity contribution in [3.05, 3.63) is 83.4 Å². The van der Waals surface area contributed by atoms with E-state index in [1.54, 1.807) is 36.8 Å². The van der Waals surface area contributed by atoms with E-state index < -0.39 is 5.91 Å². The number of hydrogen-bond donors (Lipinski definition) is 1. The zero-order chi connectivity index (χ0) is 24.2. The second kappa shape index (κ2) is 11.1. The third-order valence-corrected chi connectivity index (χ3v) is 7.97. The van der Waals surface area contributed by atoms with Crippen LogP contribution < -0.4 is 14.9 Å². The number of hydrazine groups is 1. The van der Waals surface area contributed by atoms with Gasteiger partial charge in [0.1, 0.15) is 6.61 Å². The van der Waals surface area contributed by atoms with Gasteiger partial charge >= 0.3 is 0 Å². The maximum atomic E-state index is 12.9. The summed E-state index contributed by atoms with van der Waals surface area (Å²) in [5.41, 5.74) is 4.17. The molecule has 2 aromatic carbocycles. The Bertz CT molecular complexity index is 1300. The molecule has 0 spiro atoms. The van der Waals surface area contributed by atoms with Crippen LogP contribution in [0.5, 0.6) is 11.5 Å². The maximum Gasteiger partial charge on any atom is 0.285 e. The molecule has 174 valence electrons. The number of thiocarbonyl (C=S) groups is 1. The Labute approximate surface area is 228 Å². The Morgan fingerprint density at radius 3 is 2.76 bits per heavy atom. The summed E-state index contributed by atoms with van der Waals surface area (Å²) in [4.78, 5) is 26.1. The minimum Gasteiger partial charge on any atom is -0.493 e. The Kier molecular flexibility index (Phi) is 8.14. The topological polar surface area (TPSA) is 67.9 Å². The second-order valence-electron chi connectivity index (χ2n) is 6.85. The van der Waals surface area contributed by atoms with Crippen LogP contribution in [0.1, 0.15) is 20.8 Å². The van der Waals surface area contributed by atoms with Crippen molar-refractivity contribution in [3.8, 4) is 11.5 Å². The van der Waals surface area contributed by atoms with Crippen LogP contribution in [0.2, 0.25) is 5.02 Å². The van der Waals surface area contributed by atoms with Crippen molar-refractivity contribution in [1.82, 2.24) is 10.4 Å². The predicted molar refractivity (Wildman–Crippen MR) is 148 cm³/mol. The summed E-state index contributed by atoms with van der Waals surface area (Å²) in [6, 6.07) is 14.6. The maximum absolute atomic E-state index is 12.9. The third kappa shape index (κ3) is 5.57. The van der Waals surface area contributed by atoms with E-state index in [4.69, 9.17) is 33.3 Å². The van der Waals surface area contributed by atoms with Gasteiger partial charge in [0.2, 0.25) is 0 Å². The number of halogens is 2. The lowest BCUT2D eigenvalue weighted by Gasteiger charge is -2.15. The molecule has 0 aliphatic carbocycles. The molecular weight excluding hydrogens is 627 g/mol. The summed E-state index contributed by atoms with van der Waals surface area (Å²) in [7, 11) is 1.55. The number of benzene rings is 2. The predicted octanol–water partition coefficient (Wildman–Crippen LogP) is 6.14. The molecule has 0 atom stereocenters. The van der Waals surface area contributed by atoms with Crippen LogP contribution in [0.4, 0.5) is 0 Å². The molecule has 34 heavy (non-hydrogen) atoms. The number of nitrogens with zero attached hydrogens (tertiary/aromatic N) is 1. The first-order valence-electron chi connectivity index (χ1n) is 9.73. The van der Waals surface area contributed by atoms with Gasteiger partial charge in [0.25, 0.3) is 11.8 Å². The van der Waals surface area contributed by atoms with Crippen molar-refractivity contribution in [2.45, 2.75) is 6.61 Å². The molecule has 11 heteroatoms. The van der Waals surface area contributed by atoms with Gasteiger partial charge in [0, 0.05) is 10.6 Å². The summed E-state index contributed by atoms with van der Waals surface area (Å²) in [5, 5.41) is 3.51. The lowest BCUT2D eigenvalue weighted by atomic mass is 10.2. The molecule has 1 aliphatic heterocycles. The zero-order valence-electron chi connectivity index (χ0n) is 17.5. The summed E-state index contributed by atoms with van der Waals surface area (Å²) in [5.74, 6) is 0.319. The van der Waals surface area contributed by atoms with E-state index in [2.05, 4.69) is 28.0 Å². The minimum atomic E-state index is -0.395. The fourth-order valence-corrected chi connectivity index (χ4v) is 5.77.